The number of piperidine rings is 1. The predicted molar refractivity (Wildman–Crippen MR) is 103 cm³/mol. The summed E-state index contributed by atoms with van der Waals surface area (Å²) in [4.78, 5) is 19.2. The summed E-state index contributed by atoms with van der Waals surface area (Å²) >= 11 is 0. The molecular formula is C22H27N3O. The number of carbonyl (C=O) groups is 1. The molecule has 1 saturated heterocycles. The van der Waals surface area contributed by atoms with Crippen molar-refractivity contribution in [1.82, 2.24) is 15.2 Å². The second-order valence-corrected chi connectivity index (χ2v) is 7.64. The minimum Gasteiger partial charge on any atom is -0.353 e. The van der Waals surface area contributed by atoms with Crippen LogP contribution in [0.3, 0.4) is 0 Å². The van der Waals surface area contributed by atoms with E-state index in [-0.39, 0.29) is 11.8 Å². The molecule has 26 heavy (non-hydrogen) atoms. The third kappa shape index (κ3) is 3.80. The standard InChI is InChI=1S/C22H27N3O/c1-16(17-6-3-2-4-7-17)25-12-9-19(10-13-25)24-22(26)21-14-20(21)18-8-5-11-23-15-18/h2-8,11,15-16,19-21H,9-10,12-14H2,1H3,(H,24,26). The van der Waals surface area contributed by atoms with E-state index in [2.05, 4.69) is 58.5 Å². The Morgan fingerprint density at radius 3 is 2.62 bits per heavy atom. The minimum atomic E-state index is 0.139. The first-order valence-corrected chi connectivity index (χ1v) is 9.71. The Bertz CT molecular complexity index is 726. The van der Waals surface area contributed by atoms with Crippen molar-refractivity contribution < 1.29 is 4.79 Å². The van der Waals surface area contributed by atoms with Crippen LogP contribution in [0.1, 0.15) is 49.3 Å². The monoisotopic (exact) mass is 349 g/mol. The zero-order valence-corrected chi connectivity index (χ0v) is 15.3. The fraction of sp³-hybridized carbons (Fsp3) is 0.455. The zero-order valence-electron chi connectivity index (χ0n) is 15.3. The van der Waals surface area contributed by atoms with Crippen molar-refractivity contribution in [3.63, 3.8) is 0 Å². The van der Waals surface area contributed by atoms with Gasteiger partial charge in [-0.3, -0.25) is 14.7 Å². The third-order valence-corrected chi connectivity index (χ3v) is 5.95. The second kappa shape index (κ2) is 7.58. The van der Waals surface area contributed by atoms with Crippen LogP contribution in [0.2, 0.25) is 0 Å². The van der Waals surface area contributed by atoms with Crippen molar-refractivity contribution in [1.29, 1.82) is 0 Å². The Balaban J connectivity index is 1.25. The molecule has 2 fully saturated rings. The van der Waals surface area contributed by atoms with Crippen LogP contribution in [-0.2, 0) is 4.79 Å². The van der Waals surface area contributed by atoms with Gasteiger partial charge in [0.2, 0.25) is 5.91 Å². The van der Waals surface area contributed by atoms with Gasteiger partial charge >= 0.3 is 0 Å². The molecule has 1 amide bonds. The van der Waals surface area contributed by atoms with Gasteiger partial charge in [0.15, 0.2) is 0 Å². The van der Waals surface area contributed by atoms with Gasteiger partial charge < -0.3 is 5.32 Å². The number of rotatable bonds is 5. The van der Waals surface area contributed by atoms with E-state index in [4.69, 9.17) is 0 Å². The summed E-state index contributed by atoms with van der Waals surface area (Å²) in [5, 5.41) is 3.29. The topological polar surface area (TPSA) is 45.2 Å². The molecule has 3 atom stereocenters. The first kappa shape index (κ1) is 17.2. The summed E-state index contributed by atoms with van der Waals surface area (Å²) < 4.78 is 0. The number of hydrogen-bond donors (Lipinski definition) is 1. The Labute approximate surface area is 155 Å². The maximum Gasteiger partial charge on any atom is 0.223 e. The van der Waals surface area contributed by atoms with Crippen LogP contribution in [0.15, 0.2) is 54.9 Å². The molecule has 4 nitrogen and oxygen atoms in total. The van der Waals surface area contributed by atoms with Gasteiger partial charge in [-0.1, -0.05) is 36.4 Å². The molecular weight excluding hydrogens is 322 g/mol. The average molecular weight is 349 g/mol. The molecule has 2 aliphatic rings. The molecule has 1 aliphatic carbocycles. The molecule has 2 aromatic rings. The Kier molecular flexibility index (Phi) is 5.02. The number of hydrogen-bond acceptors (Lipinski definition) is 3. The van der Waals surface area contributed by atoms with Gasteiger partial charge in [-0.05, 0) is 49.3 Å². The maximum atomic E-state index is 12.5. The van der Waals surface area contributed by atoms with Crippen molar-refractivity contribution in [2.45, 2.75) is 44.2 Å². The molecule has 4 rings (SSSR count). The highest BCUT2D eigenvalue weighted by Gasteiger charge is 2.44. The van der Waals surface area contributed by atoms with E-state index in [1.54, 1.807) is 6.20 Å². The number of nitrogens with one attached hydrogen (secondary N) is 1. The quantitative estimate of drug-likeness (QED) is 0.898. The van der Waals surface area contributed by atoms with E-state index in [1.807, 2.05) is 12.3 Å². The molecule has 1 saturated carbocycles. The normalized spacial score (nSPS) is 24.8. The number of nitrogens with zero attached hydrogens (tertiary/aromatic N) is 2. The molecule has 0 spiro atoms. The van der Waals surface area contributed by atoms with Gasteiger partial charge in [0.25, 0.3) is 0 Å². The Morgan fingerprint density at radius 1 is 1.15 bits per heavy atom. The summed E-state index contributed by atoms with van der Waals surface area (Å²) in [5.74, 6) is 0.732. The summed E-state index contributed by atoms with van der Waals surface area (Å²) in [6.45, 7) is 4.35. The van der Waals surface area contributed by atoms with Crippen LogP contribution in [0.5, 0.6) is 0 Å². The summed E-state index contributed by atoms with van der Waals surface area (Å²) in [6, 6.07) is 15.5. The van der Waals surface area contributed by atoms with Gasteiger partial charge in [0, 0.05) is 43.5 Å². The molecule has 1 aromatic carbocycles. The van der Waals surface area contributed by atoms with Crippen LogP contribution < -0.4 is 5.32 Å². The maximum absolute atomic E-state index is 12.5. The van der Waals surface area contributed by atoms with Crippen LogP contribution in [0.25, 0.3) is 0 Å². The highest BCUT2D eigenvalue weighted by Crippen LogP contribution is 2.47. The van der Waals surface area contributed by atoms with Crippen LogP contribution in [0.4, 0.5) is 0 Å². The lowest BCUT2D eigenvalue weighted by Gasteiger charge is -2.36. The molecule has 0 radical (unpaired) electrons. The van der Waals surface area contributed by atoms with Crippen molar-refractivity contribution >= 4 is 5.91 Å². The molecule has 136 valence electrons. The van der Waals surface area contributed by atoms with E-state index in [0.29, 0.717) is 18.0 Å². The van der Waals surface area contributed by atoms with E-state index >= 15 is 0 Å². The summed E-state index contributed by atoms with van der Waals surface area (Å²) in [7, 11) is 0. The predicted octanol–water partition coefficient (Wildman–Crippen LogP) is 3.53. The Morgan fingerprint density at radius 2 is 1.92 bits per heavy atom. The van der Waals surface area contributed by atoms with Gasteiger partial charge in [0.05, 0.1) is 0 Å². The third-order valence-electron chi connectivity index (χ3n) is 5.95. The lowest BCUT2D eigenvalue weighted by Crippen LogP contribution is -2.45. The summed E-state index contributed by atoms with van der Waals surface area (Å²) in [5.41, 5.74) is 2.56. The highest BCUT2D eigenvalue weighted by atomic mass is 16.2. The van der Waals surface area contributed by atoms with Crippen molar-refractivity contribution in [2.24, 2.45) is 5.92 Å². The number of amides is 1. The van der Waals surface area contributed by atoms with Gasteiger partial charge in [0.1, 0.15) is 0 Å². The SMILES string of the molecule is CC(c1ccccc1)N1CCC(NC(=O)C2CC2c2cccnc2)CC1. The average Bonchev–Trinajstić information content (AvgIpc) is 3.50. The molecule has 1 aromatic heterocycles. The van der Waals surface area contributed by atoms with Gasteiger partial charge in [-0.15, -0.1) is 0 Å². The van der Waals surface area contributed by atoms with E-state index in [9.17, 15) is 4.79 Å². The van der Waals surface area contributed by atoms with E-state index in [1.165, 1.54) is 11.1 Å². The number of likely N-dealkylation sites (tertiary alicyclic amines) is 1. The number of aromatic nitrogens is 1. The first-order chi connectivity index (χ1) is 12.7. The van der Waals surface area contributed by atoms with Crippen molar-refractivity contribution in [3.05, 3.63) is 66.0 Å². The molecule has 1 aliphatic heterocycles. The second-order valence-electron chi connectivity index (χ2n) is 7.64. The molecule has 3 unspecified atom stereocenters. The lowest BCUT2D eigenvalue weighted by molar-refractivity contribution is -0.123. The van der Waals surface area contributed by atoms with E-state index in [0.717, 1.165) is 32.4 Å². The molecule has 1 N–H and O–H groups in total. The minimum absolute atomic E-state index is 0.139. The van der Waals surface area contributed by atoms with Crippen LogP contribution >= 0.6 is 0 Å². The lowest BCUT2D eigenvalue weighted by atomic mass is 10.00. The molecule has 0 bridgehead atoms. The number of pyridine rings is 1. The van der Waals surface area contributed by atoms with Gasteiger partial charge in [-0.2, -0.15) is 0 Å². The van der Waals surface area contributed by atoms with Crippen LogP contribution in [-0.4, -0.2) is 34.9 Å². The highest BCUT2D eigenvalue weighted by molar-refractivity contribution is 5.83. The number of carbonyl (C=O) groups excluding carboxylic acids is 1. The van der Waals surface area contributed by atoms with Gasteiger partial charge in [-0.25, -0.2) is 0 Å². The molecule has 2 heterocycles. The van der Waals surface area contributed by atoms with Crippen LogP contribution in [0, 0.1) is 5.92 Å². The zero-order chi connectivity index (χ0) is 17.9. The first-order valence-electron chi connectivity index (χ1n) is 9.71. The molecule has 4 heteroatoms. The van der Waals surface area contributed by atoms with E-state index < -0.39 is 0 Å². The largest absolute Gasteiger partial charge is 0.353 e. The van der Waals surface area contributed by atoms with Crippen molar-refractivity contribution in [3.8, 4) is 0 Å². The number of benzene rings is 1. The smallest absolute Gasteiger partial charge is 0.223 e. The summed E-state index contributed by atoms with van der Waals surface area (Å²) in [6.07, 6.45) is 6.70. The fourth-order valence-electron chi connectivity index (χ4n) is 4.13. The Hall–Kier alpha value is -2.20. The van der Waals surface area contributed by atoms with Crippen molar-refractivity contribution in [2.75, 3.05) is 13.1 Å². The fourth-order valence-corrected chi connectivity index (χ4v) is 4.13.